The van der Waals surface area contributed by atoms with Gasteiger partial charge in [-0.25, -0.2) is 14.6 Å². The van der Waals surface area contributed by atoms with Gasteiger partial charge in [-0.1, -0.05) is 12.1 Å². The molecule has 8 nitrogen and oxygen atoms in total. The summed E-state index contributed by atoms with van der Waals surface area (Å²) in [4.78, 5) is 40.9. The molecule has 0 fully saturated rings. The number of hydrogen-bond acceptors (Lipinski definition) is 8. The fraction of sp³-hybridized carbons (Fsp3) is 0.200. The van der Waals surface area contributed by atoms with E-state index in [1.54, 1.807) is 19.1 Å². The van der Waals surface area contributed by atoms with Crippen LogP contribution in [-0.4, -0.2) is 36.5 Å². The van der Waals surface area contributed by atoms with Crippen molar-refractivity contribution < 1.29 is 28.3 Å². The molecule has 2 aromatic heterocycles. The second kappa shape index (κ2) is 8.70. The van der Waals surface area contributed by atoms with Crippen LogP contribution in [0.5, 0.6) is 0 Å². The number of aromatic nitrogens is 1. The lowest BCUT2D eigenvalue weighted by Crippen LogP contribution is -2.21. The molecule has 0 radical (unpaired) electrons. The van der Waals surface area contributed by atoms with Crippen LogP contribution in [0.4, 0.5) is 5.00 Å². The topological polar surface area (TPSA) is 108 Å². The van der Waals surface area contributed by atoms with Gasteiger partial charge in [-0.2, -0.15) is 0 Å². The van der Waals surface area contributed by atoms with Crippen LogP contribution >= 0.6 is 11.3 Å². The molecule has 9 heteroatoms. The molecule has 0 saturated carbocycles. The number of ether oxygens (including phenoxy) is 2. The molecular weight excluding hydrogens is 396 g/mol. The molecule has 1 N–H and O–H groups in total. The number of rotatable bonds is 6. The quantitative estimate of drug-likeness (QED) is 0.486. The lowest BCUT2D eigenvalue weighted by molar-refractivity contribution is -0.142. The summed E-state index contributed by atoms with van der Waals surface area (Å²) >= 11 is 1.25. The SMILES string of the molecule is COC(=O)c1c(NC(=O)COC(=O)/C=C/c2nc3ccccc3o2)sc(C)c1C. The number of aryl methyl sites for hydroxylation is 1. The number of carbonyl (C=O) groups excluding carboxylic acids is 3. The number of anilines is 1. The Hall–Kier alpha value is -3.46. The minimum atomic E-state index is -0.728. The van der Waals surface area contributed by atoms with Crippen molar-refractivity contribution in [1.29, 1.82) is 0 Å². The van der Waals surface area contributed by atoms with Crippen molar-refractivity contribution >= 4 is 51.4 Å². The van der Waals surface area contributed by atoms with E-state index in [-0.39, 0.29) is 5.89 Å². The first-order valence-corrected chi connectivity index (χ1v) is 9.39. The molecule has 0 atom stereocenters. The lowest BCUT2D eigenvalue weighted by atomic mass is 10.1. The number of carbonyl (C=O) groups is 3. The Labute approximate surface area is 170 Å². The summed E-state index contributed by atoms with van der Waals surface area (Å²) < 4.78 is 15.1. The van der Waals surface area contributed by atoms with Crippen LogP contribution in [0.2, 0.25) is 0 Å². The van der Waals surface area contributed by atoms with Gasteiger partial charge in [0.25, 0.3) is 5.91 Å². The first kappa shape index (κ1) is 20.3. The fourth-order valence-corrected chi connectivity index (χ4v) is 3.58. The summed E-state index contributed by atoms with van der Waals surface area (Å²) in [6.07, 6.45) is 2.49. The normalized spacial score (nSPS) is 11.0. The Morgan fingerprint density at radius 3 is 2.72 bits per heavy atom. The molecule has 1 amide bonds. The molecule has 0 spiro atoms. The third-order valence-electron chi connectivity index (χ3n) is 4.05. The monoisotopic (exact) mass is 414 g/mol. The first-order chi connectivity index (χ1) is 13.9. The Balaban J connectivity index is 1.57. The average molecular weight is 414 g/mol. The van der Waals surface area contributed by atoms with Gasteiger partial charge >= 0.3 is 11.9 Å². The molecule has 0 aliphatic rings. The van der Waals surface area contributed by atoms with Crippen molar-refractivity contribution in [2.75, 3.05) is 19.0 Å². The molecular formula is C20H18N2O6S. The van der Waals surface area contributed by atoms with Crippen molar-refractivity contribution in [1.82, 2.24) is 4.98 Å². The summed E-state index contributed by atoms with van der Waals surface area (Å²) in [6.45, 7) is 3.09. The first-order valence-electron chi connectivity index (χ1n) is 8.57. The molecule has 150 valence electrons. The Kier molecular flexibility index (Phi) is 6.08. The van der Waals surface area contributed by atoms with E-state index in [4.69, 9.17) is 13.9 Å². The molecule has 0 aliphatic heterocycles. The zero-order valence-electron chi connectivity index (χ0n) is 16.0. The maximum Gasteiger partial charge on any atom is 0.341 e. The molecule has 1 aromatic carbocycles. The standard InChI is InChI=1S/C20H18N2O6S/c1-11-12(2)29-19(18(11)20(25)26-3)22-15(23)10-27-17(24)9-8-16-21-13-6-4-5-7-14(13)28-16/h4-9H,10H2,1-3H3,(H,22,23)/b9-8+. The number of para-hydroxylation sites is 2. The number of nitrogens with zero attached hydrogens (tertiary/aromatic N) is 1. The van der Waals surface area contributed by atoms with E-state index in [1.165, 1.54) is 24.5 Å². The number of thiophene rings is 1. The van der Waals surface area contributed by atoms with E-state index in [0.717, 1.165) is 16.5 Å². The van der Waals surface area contributed by atoms with Gasteiger partial charge < -0.3 is 19.2 Å². The molecule has 2 heterocycles. The Morgan fingerprint density at radius 2 is 2.00 bits per heavy atom. The number of methoxy groups -OCH3 is 1. The number of esters is 2. The molecule has 3 aromatic rings. The summed E-state index contributed by atoms with van der Waals surface area (Å²) in [5, 5.41) is 2.94. The van der Waals surface area contributed by atoms with Gasteiger partial charge in [0, 0.05) is 17.0 Å². The van der Waals surface area contributed by atoms with Gasteiger partial charge in [0.15, 0.2) is 12.2 Å². The summed E-state index contributed by atoms with van der Waals surface area (Å²) in [6, 6.07) is 7.19. The summed E-state index contributed by atoms with van der Waals surface area (Å²) in [7, 11) is 1.27. The summed E-state index contributed by atoms with van der Waals surface area (Å²) in [5.41, 5.74) is 2.30. The van der Waals surface area contributed by atoms with Crippen LogP contribution in [0, 0.1) is 13.8 Å². The molecule has 29 heavy (non-hydrogen) atoms. The number of nitrogens with one attached hydrogen (secondary N) is 1. The van der Waals surface area contributed by atoms with Gasteiger partial charge in [0.05, 0.1) is 12.7 Å². The minimum Gasteiger partial charge on any atom is -0.465 e. The molecule has 0 unspecified atom stereocenters. The third kappa shape index (κ3) is 4.69. The smallest absolute Gasteiger partial charge is 0.341 e. The van der Waals surface area contributed by atoms with Crippen LogP contribution in [0.1, 0.15) is 26.7 Å². The Bertz CT molecular complexity index is 1080. The number of benzene rings is 1. The predicted molar refractivity (Wildman–Crippen MR) is 108 cm³/mol. The van der Waals surface area contributed by atoms with E-state index in [1.807, 2.05) is 19.1 Å². The van der Waals surface area contributed by atoms with Gasteiger partial charge in [-0.05, 0) is 31.5 Å². The number of oxazole rings is 1. The van der Waals surface area contributed by atoms with E-state index < -0.39 is 24.5 Å². The maximum absolute atomic E-state index is 12.1. The highest BCUT2D eigenvalue weighted by atomic mass is 32.1. The second-order valence-electron chi connectivity index (χ2n) is 5.99. The number of amides is 1. The molecule has 0 bridgehead atoms. The second-order valence-corrected chi connectivity index (χ2v) is 7.21. The highest BCUT2D eigenvalue weighted by Gasteiger charge is 2.21. The number of fused-ring (bicyclic) bond motifs is 1. The van der Waals surface area contributed by atoms with Crippen molar-refractivity contribution in [3.8, 4) is 0 Å². The van der Waals surface area contributed by atoms with Crippen LogP contribution < -0.4 is 5.32 Å². The van der Waals surface area contributed by atoms with Crippen molar-refractivity contribution in [2.45, 2.75) is 13.8 Å². The van der Waals surface area contributed by atoms with Gasteiger partial charge in [-0.3, -0.25) is 4.79 Å². The highest BCUT2D eigenvalue weighted by molar-refractivity contribution is 7.16. The van der Waals surface area contributed by atoms with Gasteiger partial charge in [0.2, 0.25) is 5.89 Å². The van der Waals surface area contributed by atoms with Crippen LogP contribution in [0.15, 0.2) is 34.8 Å². The van der Waals surface area contributed by atoms with E-state index in [9.17, 15) is 14.4 Å². The largest absolute Gasteiger partial charge is 0.465 e. The number of hydrogen-bond donors (Lipinski definition) is 1. The predicted octanol–water partition coefficient (Wildman–Crippen LogP) is 3.49. The molecule has 0 saturated heterocycles. The minimum absolute atomic E-state index is 0.250. The average Bonchev–Trinajstić information content (AvgIpc) is 3.24. The van der Waals surface area contributed by atoms with Crippen LogP contribution in [0.25, 0.3) is 17.2 Å². The van der Waals surface area contributed by atoms with E-state index in [2.05, 4.69) is 10.3 Å². The van der Waals surface area contributed by atoms with Crippen molar-refractivity contribution in [3.05, 3.63) is 52.2 Å². The third-order valence-corrected chi connectivity index (χ3v) is 5.17. The van der Waals surface area contributed by atoms with Gasteiger partial charge in [0.1, 0.15) is 10.5 Å². The van der Waals surface area contributed by atoms with E-state index >= 15 is 0 Å². The van der Waals surface area contributed by atoms with Gasteiger partial charge in [-0.15, -0.1) is 11.3 Å². The van der Waals surface area contributed by atoms with Crippen LogP contribution in [0.3, 0.4) is 0 Å². The fourth-order valence-electron chi connectivity index (χ4n) is 2.51. The highest BCUT2D eigenvalue weighted by Crippen LogP contribution is 2.32. The Morgan fingerprint density at radius 1 is 1.24 bits per heavy atom. The summed E-state index contributed by atoms with van der Waals surface area (Å²) in [5.74, 6) is -1.59. The molecule has 0 aliphatic carbocycles. The van der Waals surface area contributed by atoms with Crippen LogP contribution in [-0.2, 0) is 19.1 Å². The zero-order chi connectivity index (χ0) is 21.0. The zero-order valence-corrected chi connectivity index (χ0v) is 16.8. The van der Waals surface area contributed by atoms with Crippen molar-refractivity contribution in [2.24, 2.45) is 0 Å². The lowest BCUT2D eigenvalue weighted by Gasteiger charge is -2.06. The van der Waals surface area contributed by atoms with E-state index in [0.29, 0.717) is 21.7 Å². The molecule has 3 rings (SSSR count). The van der Waals surface area contributed by atoms with Crippen molar-refractivity contribution in [3.63, 3.8) is 0 Å². The maximum atomic E-state index is 12.1.